The van der Waals surface area contributed by atoms with Gasteiger partial charge < -0.3 is 24.1 Å². The maximum Gasteiger partial charge on any atom is 0.273 e. The lowest BCUT2D eigenvalue weighted by molar-refractivity contribution is 0.0383. The van der Waals surface area contributed by atoms with E-state index in [-0.39, 0.29) is 18.4 Å². The summed E-state index contributed by atoms with van der Waals surface area (Å²) in [4.78, 5) is 14.5. The molecule has 1 aromatic carbocycles. The van der Waals surface area contributed by atoms with E-state index < -0.39 is 0 Å². The first-order valence-electron chi connectivity index (χ1n) is 8.24. The Morgan fingerprint density at radius 2 is 2.00 bits per heavy atom. The highest BCUT2D eigenvalue weighted by Gasteiger charge is 2.18. The summed E-state index contributed by atoms with van der Waals surface area (Å²) in [5, 5.41) is 6.72. The van der Waals surface area contributed by atoms with Crippen molar-refractivity contribution >= 4 is 5.91 Å². The number of fused-ring (bicyclic) bond motifs is 1. The van der Waals surface area contributed by atoms with Gasteiger partial charge in [-0.25, -0.2) is 0 Å². The van der Waals surface area contributed by atoms with E-state index in [1.54, 1.807) is 6.07 Å². The van der Waals surface area contributed by atoms with Crippen LogP contribution in [0.3, 0.4) is 0 Å². The van der Waals surface area contributed by atoms with Gasteiger partial charge in [0.25, 0.3) is 5.91 Å². The van der Waals surface area contributed by atoms with Crippen LogP contribution in [0.5, 0.6) is 11.5 Å². The van der Waals surface area contributed by atoms with E-state index in [4.69, 9.17) is 18.7 Å². The number of ether oxygens (including phenoxy) is 3. The van der Waals surface area contributed by atoms with E-state index in [9.17, 15) is 4.79 Å². The number of nitrogens with zero attached hydrogens (tertiary/aromatic N) is 2. The van der Waals surface area contributed by atoms with Crippen molar-refractivity contribution < 1.29 is 23.5 Å². The second-order valence-corrected chi connectivity index (χ2v) is 5.85. The maximum atomic E-state index is 12.2. The van der Waals surface area contributed by atoms with Crippen LogP contribution in [0.4, 0.5) is 0 Å². The predicted octanol–water partition coefficient (Wildman–Crippen LogP) is 1.13. The minimum absolute atomic E-state index is 0.214. The fraction of sp³-hybridized carbons (Fsp3) is 0.412. The molecule has 4 rings (SSSR count). The Labute approximate surface area is 144 Å². The molecule has 0 saturated carbocycles. The van der Waals surface area contributed by atoms with Gasteiger partial charge >= 0.3 is 0 Å². The van der Waals surface area contributed by atoms with Crippen molar-refractivity contribution in [2.24, 2.45) is 0 Å². The zero-order valence-electron chi connectivity index (χ0n) is 13.7. The van der Waals surface area contributed by atoms with Gasteiger partial charge in [0.1, 0.15) is 0 Å². The summed E-state index contributed by atoms with van der Waals surface area (Å²) >= 11 is 0. The fourth-order valence-electron chi connectivity index (χ4n) is 2.81. The largest absolute Gasteiger partial charge is 0.454 e. The van der Waals surface area contributed by atoms with Gasteiger partial charge in [0.15, 0.2) is 23.0 Å². The maximum absolute atomic E-state index is 12.2. The van der Waals surface area contributed by atoms with Gasteiger partial charge in [0.2, 0.25) is 6.79 Å². The van der Waals surface area contributed by atoms with Crippen molar-refractivity contribution in [3.63, 3.8) is 0 Å². The molecule has 132 valence electrons. The fourth-order valence-corrected chi connectivity index (χ4v) is 2.81. The molecular formula is C17H19N3O5. The topological polar surface area (TPSA) is 86.1 Å². The number of hydrogen-bond acceptors (Lipinski definition) is 7. The van der Waals surface area contributed by atoms with Gasteiger partial charge in [0.05, 0.1) is 13.2 Å². The lowest BCUT2D eigenvalue weighted by Gasteiger charge is -2.26. The van der Waals surface area contributed by atoms with E-state index >= 15 is 0 Å². The van der Waals surface area contributed by atoms with E-state index in [0.717, 1.165) is 38.4 Å². The van der Waals surface area contributed by atoms with Crippen molar-refractivity contribution in [3.05, 3.63) is 30.0 Å². The Bertz CT molecular complexity index is 754. The molecule has 1 saturated heterocycles. The predicted molar refractivity (Wildman–Crippen MR) is 87.7 cm³/mol. The molecule has 0 bridgehead atoms. The van der Waals surface area contributed by atoms with Crippen molar-refractivity contribution in [2.75, 3.05) is 46.2 Å². The molecule has 1 fully saturated rings. The van der Waals surface area contributed by atoms with Crippen LogP contribution in [-0.2, 0) is 4.74 Å². The van der Waals surface area contributed by atoms with Gasteiger partial charge in [0, 0.05) is 37.8 Å². The van der Waals surface area contributed by atoms with Crippen molar-refractivity contribution in [3.8, 4) is 22.8 Å². The molecule has 8 nitrogen and oxygen atoms in total. The molecule has 0 atom stereocenters. The summed E-state index contributed by atoms with van der Waals surface area (Å²) in [5.74, 6) is 1.62. The second kappa shape index (κ2) is 7.12. The van der Waals surface area contributed by atoms with Crippen LogP contribution in [0, 0.1) is 0 Å². The molecule has 0 spiro atoms. The highest BCUT2D eigenvalue weighted by atomic mass is 16.7. The normalized spacial score (nSPS) is 16.8. The Morgan fingerprint density at radius 1 is 1.16 bits per heavy atom. The molecule has 1 aromatic heterocycles. The Hall–Kier alpha value is -2.58. The van der Waals surface area contributed by atoms with Gasteiger partial charge in [-0.15, -0.1) is 0 Å². The number of rotatable bonds is 5. The highest BCUT2D eigenvalue weighted by molar-refractivity contribution is 5.93. The van der Waals surface area contributed by atoms with E-state index in [1.165, 1.54) is 0 Å². The first-order chi connectivity index (χ1) is 12.3. The average molecular weight is 345 g/mol. The first kappa shape index (κ1) is 15.9. The number of carbonyl (C=O) groups excluding carboxylic acids is 1. The molecule has 0 aliphatic carbocycles. The van der Waals surface area contributed by atoms with E-state index in [0.29, 0.717) is 23.8 Å². The highest BCUT2D eigenvalue weighted by Crippen LogP contribution is 2.35. The van der Waals surface area contributed by atoms with Crippen molar-refractivity contribution in [2.45, 2.75) is 0 Å². The van der Waals surface area contributed by atoms with Gasteiger partial charge in [-0.2, -0.15) is 0 Å². The second-order valence-electron chi connectivity index (χ2n) is 5.85. The number of amides is 1. The van der Waals surface area contributed by atoms with Crippen LogP contribution in [-0.4, -0.2) is 62.1 Å². The Morgan fingerprint density at radius 3 is 2.88 bits per heavy atom. The van der Waals surface area contributed by atoms with Gasteiger partial charge in [-0.05, 0) is 18.2 Å². The summed E-state index contributed by atoms with van der Waals surface area (Å²) in [6, 6.07) is 7.08. The van der Waals surface area contributed by atoms with Crippen molar-refractivity contribution in [1.82, 2.24) is 15.4 Å². The number of morpholine rings is 1. The molecule has 2 aliphatic rings. The third-order valence-electron chi connectivity index (χ3n) is 4.22. The molecule has 2 aromatic rings. The van der Waals surface area contributed by atoms with E-state index in [2.05, 4.69) is 15.4 Å². The summed E-state index contributed by atoms with van der Waals surface area (Å²) in [6.45, 7) is 4.85. The van der Waals surface area contributed by atoms with Crippen LogP contribution >= 0.6 is 0 Å². The van der Waals surface area contributed by atoms with Gasteiger partial charge in [-0.3, -0.25) is 9.69 Å². The standard InChI is InChI=1S/C17H19N3O5/c21-17(18-3-4-20-5-7-22-8-6-20)13-10-15(25-19-13)12-1-2-14-16(9-12)24-11-23-14/h1-2,9-10H,3-8,11H2,(H,18,21). The number of hydrogen-bond donors (Lipinski definition) is 1. The lowest BCUT2D eigenvalue weighted by atomic mass is 10.1. The van der Waals surface area contributed by atoms with Crippen LogP contribution < -0.4 is 14.8 Å². The number of nitrogens with one attached hydrogen (secondary N) is 1. The number of aromatic nitrogens is 1. The summed E-state index contributed by atoms with van der Waals surface area (Å²) < 4.78 is 21.2. The van der Waals surface area contributed by atoms with Crippen LogP contribution in [0.15, 0.2) is 28.8 Å². The van der Waals surface area contributed by atoms with Crippen LogP contribution in [0.1, 0.15) is 10.5 Å². The molecule has 25 heavy (non-hydrogen) atoms. The van der Waals surface area contributed by atoms with Crippen molar-refractivity contribution in [1.29, 1.82) is 0 Å². The SMILES string of the molecule is O=C(NCCN1CCOCC1)c1cc(-c2ccc3c(c2)OCO3)on1. The molecule has 0 radical (unpaired) electrons. The molecule has 2 aliphatic heterocycles. The average Bonchev–Trinajstić information content (AvgIpc) is 3.31. The quantitative estimate of drug-likeness (QED) is 0.869. The van der Waals surface area contributed by atoms with Crippen LogP contribution in [0.2, 0.25) is 0 Å². The molecule has 3 heterocycles. The lowest BCUT2D eigenvalue weighted by Crippen LogP contribution is -2.41. The monoisotopic (exact) mass is 345 g/mol. The van der Waals surface area contributed by atoms with Crippen LogP contribution in [0.25, 0.3) is 11.3 Å². The molecular weight excluding hydrogens is 326 g/mol. The Kier molecular flexibility index (Phi) is 4.53. The first-order valence-corrected chi connectivity index (χ1v) is 8.24. The molecule has 1 N–H and O–H groups in total. The molecule has 8 heteroatoms. The zero-order chi connectivity index (χ0) is 17.1. The number of benzene rings is 1. The smallest absolute Gasteiger partial charge is 0.273 e. The van der Waals surface area contributed by atoms with E-state index in [1.807, 2.05) is 18.2 Å². The van der Waals surface area contributed by atoms with Gasteiger partial charge in [-0.1, -0.05) is 5.16 Å². The summed E-state index contributed by atoms with van der Waals surface area (Å²) in [7, 11) is 0. The minimum Gasteiger partial charge on any atom is -0.454 e. The summed E-state index contributed by atoms with van der Waals surface area (Å²) in [6.07, 6.45) is 0. The number of carbonyl (C=O) groups is 1. The third-order valence-corrected chi connectivity index (χ3v) is 4.22. The minimum atomic E-state index is -0.246. The zero-order valence-corrected chi connectivity index (χ0v) is 13.7. The summed E-state index contributed by atoms with van der Waals surface area (Å²) in [5.41, 5.74) is 1.04. The molecule has 1 amide bonds. The molecule has 0 unspecified atom stereocenters. The third kappa shape index (κ3) is 3.59. The Balaban J connectivity index is 1.34.